The summed E-state index contributed by atoms with van der Waals surface area (Å²) in [6, 6.07) is 7.41. The van der Waals surface area contributed by atoms with Crippen molar-refractivity contribution < 1.29 is 19.1 Å². The van der Waals surface area contributed by atoms with E-state index in [4.69, 9.17) is 9.47 Å². The number of rotatable bonds is 5. The fourth-order valence-electron chi connectivity index (χ4n) is 1.57. The van der Waals surface area contributed by atoms with Gasteiger partial charge in [-0.25, -0.2) is 9.59 Å². The molecule has 1 aromatic carbocycles. The molecule has 0 spiro atoms. The van der Waals surface area contributed by atoms with Crippen LogP contribution < -0.4 is 0 Å². The third-order valence-corrected chi connectivity index (χ3v) is 2.45. The van der Waals surface area contributed by atoms with Crippen molar-refractivity contribution in [2.45, 2.75) is 33.3 Å². The number of hydrogen-bond donors (Lipinski definition) is 0. The van der Waals surface area contributed by atoms with Crippen LogP contribution in [0.1, 0.15) is 38.8 Å². The van der Waals surface area contributed by atoms with Crippen LogP contribution in [-0.4, -0.2) is 24.1 Å². The molecule has 0 unspecified atom stereocenters. The normalized spacial score (nSPS) is 11.8. The standard InChI is InChI=1S/C18H22O4/c1-5-21-16(19)12-10-14-6-8-15(9-7-14)11-13-17(20)22-18(2,3)4/h6-13H,5H2,1-4H3/b12-10+,13-11?. The highest BCUT2D eigenvalue weighted by Gasteiger charge is 2.13. The highest BCUT2D eigenvalue weighted by Crippen LogP contribution is 2.10. The zero-order chi connectivity index (χ0) is 16.6. The highest BCUT2D eigenvalue weighted by molar-refractivity contribution is 5.88. The Morgan fingerprint density at radius 2 is 1.41 bits per heavy atom. The zero-order valence-electron chi connectivity index (χ0n) is 13.5. The molecule has 0 aliphatic heterocycles. The minimum Gasteiger partial charge on any atom is -0.463 e. The van der Waals surface area contributed by atoms with Gasteiger partial charge in [0.2, 0.25) is 0 Å². The molecule has 0 radical (unpaired) electrons. The fraction of sp³-hybridized carbons (Fsp3) is 0.333. The molecule has 0 atom stereocenters. The van der Waals surface area contributed by atoms with Crippen LogP contribution in [0.2, 0.25) is 0 Å². The van der Waals surface area contributed by atoms with E-state index in [1.165, 1.54) is 12.2 Å². The van der Waals surface area contributed by atoms with Gasteiger partial charge in [0.15, 0.2) is 0 Å². The lowest BCUT2D eigenvalue weighted by Gasteiger charge is -2.17. The maximum Gasteiger partial charge on any atom is 0.331 e. The molecule has 0 aliphatic rings. The molecule has 22 heavy (non-hydrogen) atoms. The first-order valence-corrected chi connectivity index (χ1v) is 7.16. The monoisotopic (exact) mass is 302 g/mol. The van der Waals surface area contributed by atoms with Crippen molar-refractivity contribution >= 4 is 24.1 Å². The van der Waals surface area contributed by atoms with E-state index in [1.54, 1.807) is 19.1 Å². The molecule has 0 bridgehead atoms. The minimum absolute atomic E-state index is 0.359. The van der Waals surface area contributed by atoms with E-state index in [0.29, 0.717) is 6.61 Å². The summed E-state index contributed by atoms with van der Waals surface area (Å²) < 4.78 is 9.99. The molecule has 4 nitrogen and oxygen atoms in total. The average Bonchev–Trinajstić information content (AvgIpc) is 2.42. The molecule has 118 valence electrons. The second-order valence-corrected chi connectivity index (χ2v) is 5.62. The Balaban J connectivity index is 2.62. The molecule has 4 heteroatoms. The minimum atomic E-state index is -0.497. The van der Waals surface area contributed by atoms with E-state index < -0.39 is 5.60 Å². The topological polar surface area (TPSA) is 52.6 Å². The molecule has 0 fully saturated rings. The van der Waals surface area contributed by atoms with E-state index in [2.05, 4.69) is 0 Å². The Bertz CT molecular complexity index is 560. The second kappa shape index (κ2) is 8.17. The molecule has 0 saturated heterocycles. The quantitative estimate of drug-likeness (QED) is 0.616. The summed E-state index contributed by atoms with van der Waals surface area (Å²) in [6.07, 6.45) is 6.15. The van der Waals surface area contributed by atoms with Gasteiger partial charge in [-0.05, 0) is 51.0 Å². The van der Waals surface area contributed by atoms with Gasteiger partial charge in [0.25, 0.3) is 0 Å². The number of carbonyl (C=O) groups excluding carboxylic acids is 2. The number of hydrogen-bond acceptors (Lipinski definition) is 4. The largest absolute Gasteiger partial charge is 0.463 e. The first-order chi connectivity index (χ1) is 10.3. The van der Waals surface area contributed by atoms with Gasteiger partial charge in [0.05, 0.1) is 6.61 Å². The Labute approximate surface area is 131 Å². The molecule has 0 heterocycles. The van der Waals surface area contributed by atoms with Crippen LogP contribution in [0.3, 0.4) is 0 Å². The average molecular weight is 302 g/mol. The highest BCUT2D eigenvalue weighted by atomic mass is 16.6. The summed E-state index contributed by atoms with van der Waals surface area (Å²) in [5.74, 6) is -0.741. The van der Waals surface area contributed by atoms with E-state index >= 15 is 0 Å². The zero-order valence-corrected chi connectivity index (χ0v) is 13.5. The second-order valence-electron chi connectivity index (χ2n) is 5.62. The van der Waals surface area contributed by atoms with E-state index in [-0.39, 0.29) is 11.9 Å². The number of benzene rings is 1. The maximum absolute atomic E-state index is 11.6. The summed E-state index contributed by atoms with van der Waals surface area (Å²) in [4.78, 5) is 22.8. The van der Waals surface area contributed by atoms with Crippen molar-refractivity contribution in [2.75, 3.05) is 6.61 Å². The van der Waals surface area contributed by atoms with Gasteiger partial charge in [-0.15, -0.1) is 0 Å². The Hall–Kier alpha value is -2.36. The molecule has 1 rings (SSSR count). The predicted octanol–water partition coefficient (Wildman–Crippen LogP) is 3.62. The summed E-state index contributed by atoms with van der Waals surface area (Å²) in [6.45, 7) is 7.59. The molecule has 0 aliphatic carbocycles. The van der Waals surface area contributed by atoms with Crippen LogP contribution >= 0.6 is 0 Å². The molecule has 0 aromatic heterocycles. The Morgan fingerprint density at radius 1 is 0.955 bits per heavy atom. The smallest absolute Gasteiger partial charge is 0.331 e. The van der Waals surface area contributed by atoms with Crippen LogP contribution in [0.5, 0.6) is 0 Å². The number of esters is 2. The van der Waals surface area contributed by atoms with E-state index in [1.807, 2.05) is 45.0 Å². The van der Waals surface area contributed by atoms with Crippen molar-refractivity contribution in [3.63, 3.8) is 0 Å². The van der Waals surface area contributed by atoms with Crippen LogP contribution in [0.25, 0.3) is 12.2 Å². The Morgan fingerprint density at radius 3 is 1.82 bits per heavy atom. The first-order valence-electron chi connectivity index (χ1n) is 7.16. The molecule has 0 saturated carbocycles. The third kappa shape index (κ3) is 7.43. The van der Waals surface area contributed by atoms with Crippen molar-refractivity contribution in [1.82, 2.24) is 0 Å². The van der Waals surface area contributed by atoms with E-state index in [9.17, 15) is 9.59 Å². The van der Waals surface area contributed by atoms with Crippen molar-refractivity contribution in [2.24, 2.45) is 0 Å². The van der Waals surface area contributed by atoms with Crippen molar-refractivity contribution in [1.29, 1.82) is 0 Å². The van der Waals surface area contributed by atoms with Gasteiger partial charge in [-0.2, -0.15) is 0 Å². The summed E-state index contributed by atoms with van der Waals surface area (Å²) in [5, 5.41) is 0. The van der Waals surface area contributed by atoms with Gasteiger partial charge in [0, 0.05) is 12.2 Å². The van der Waals surface area contributed by atoms with Gasteiger partial charge in [0.1, 0.15) is 5.60 Å². The van der Waals surface area contributed by atoms with Crippen LogP contribution in [0, 0.1) is 0 Å². The first kappa shape index (κ1) is 17.7. The lowest BCUT2D eigenvalue weighted by molar-refractivity contribution is -0.148. The van der Waals surface area contributed by atoms with E-state index in [0.717, 1.165) is 11.1 Å². The van der Waals surface area contributed by atoms with Crippen LogP contribution in [0.15, 0.2) is 36.4 Å². The molecular weight excluding hydrogens is 280 g/mol. The SMILES string of the molecule is CCOC(=O)/C=C/c1ccc(C=CC(=O)OC(C)(C)C)cc1. The fourth-order valence-corrected chi connectivity index (χ4v) is 1.57. The molecule has 0 N–H and O–H groups in total. The summed E-state index contributed by atoms with van der Waals surface area (Å²) in [5.41, 5.74) is 1.25. The Kier molecular flexibility index (Phi) is 6.57. The third-order valence-electron chi connectivity index (χ3n) is 2.45. The number of carbonyl (C=O) groups is 2. The maximum atomic E-state index is 11.6. The molecule has 1 aromatic rings. The van der Waals surface area contributed by atoms with Gasteiger partial charge in [-0.1, -0.05) is 24.3 Å². The molecular formula is C18H22O4. The summed E-state index contributed by atoms with van der Waals surface area (Å²) in [7, 11) is 0. The lowest BCUT2D eigenvalue weighted by Crippen LogP contribution is -2.22. The van der Waals surface area contributed by atoms with Crippen molar-refractivity contribution in [3.05, 3.63) is 47.5 Å². The van der Waals surface area contributed by atoms with Gasteiger partial charge in [-0.3, -0.25) is 0 Å². The van der Waals surface area contributed by atoms with Crippen LogP contribution in [0.4, 0.5) is 0 Å². The lowest BCUT2D eigenvalue weighted by atomic mass is 10.1. The van der Waals surface area contributed by atoms with Gasteiger partial charge < -0.3 is 9.47 Å². The predicted molar refractivity (Wildman–Crippen MR) is 87.0 cm³/mol. The van der Waals surface area contributed by atoms with Crippen LogP contribution in [-0.2, 0) is 19.1 Å². The summed E-state index contributed by atoms with van der Waals surface area (Å²) >= 11 is 0. The number of ether oxygens (including phenoxy) is 2. The van der Waals surface area contributed by atoms with Crippen molar-refractivity contribution in [3.8, 4) is 0 Å². The van der Waals surface area contributed by atoms with Gasteiger partial charge >= 0.3 is 11.9 Å². The molecule has 0 amide bonds.